The Morgan fingerprint density at radius 2 is 1.96 bits per heavy atom. The minimum atomic E-state index is -0.346. The molecule has 2 fully saturated rings. The van der Waals surface area contributed by atoms with Crippen LogP contribution in [0.2, 0.25) is 0 Å². The van der Waals surface area contributed by atoms with Crippen molar-refractivity contribution in [3.8, 4) is 0 Å². The predicted octanol–water partition coefficient (Wildman–Crippen LogP) is 2.79. The van der Waals surface area contributed by atoms with Crippen molar-refractivity contribution < 1.29 is 9.59 Å². The van der Waals surface area contributed by atoms with E-state index in [1.165, 1.54) is 25.7 Å². The smallest absolute Gasteiger partial charge is 0.251 e. The van der Waals surface area contributed by atoms with Gasteiger partial charge < -0.3 is 16.0 Å². The van der Waals surface area contributed by atoms with Gasteiger partial charge in [-0.15, -0.1) is 0 Å². The molecule has 2 amide bonds. The van der Waals surface area contributed by atoms with Crippen LogP contribution in [0, 0.1) is 17.8 Å². The third kappa shape index (κ3) is 3.97. The SMILES string of the molecule is CNC(=O)c1cccc(N[C@H](C)C(=O)N[C@@H](C)[C@@H]2C[C@H]3CC[C@H]2C3)c1. The Labute approximate surface area is 150 Å². The summed E-state index contributed by atoms with van der Waals surface area (Å²) in [5, 5.41) is 9.00. The largest absolute Gasteiger partial charge is 0.374 e. The summed E-state index contributed by atoms with van der Waals surface area (Å²) in [6, 6.07) is 7.09. The highest BCUT2D eigenvalue weighted by molar-refractivity contribution is 5.95. The van der Waals surface area contributed by atoms with Crippen molar-refractivity contribution in [2.75, 3.05) is 12.4 Å². The molecule has 0 radical (unpaired) electrons. The highest BCUT2D eigenvalue weighted by atomic mass is 16.2. The quantitative estimate of drug-likeness (QED) is 0.744. The lowest BCUT2D eigenvalue weighted by molar-refractivity contribution is -0.122. The standard InChI is InChI=1S/C20H29N3O2/c1-12(18-10-14-7-8-15(18)9-14)23-19(24)13(2)22-17-6-4-5-16(11-17)20(25)21-3/h4-6,11-15,18,22H,7-10H2,1-3H3,(H,21,25)(H,23,24)/t12-,13+,14-,15-,18-/m0/s1. The number of carbonyl (C=O) groups excluding carboxylic acids is 2. The van der Waals surface area contributed by atoms with Crippen molar-refractivity contribution >= 4 is 17.5 Å². The zero-order valence-corrected chi connectivity index (χ0v) is 15.3. The molecule has 5 atom stereocenters. The maximum absolute atomic E-state index is 12.5. The topological polar surface area (TPSA) is 70.2 Å². The van der Waals surface area contributed by atoms with Gasteiger partial charge in [0.25, 0.3) is 5.91 Å². The molecule has 0 heterocycles. The van der Waals surface area contributed by atoms with Crippen LogP contribution in [0.25, 0.3) is 0 Å². The van der Waals surface area contributed by atoms with Crippen LogP contribution in [0.15, 0.2) is 24.3 Å². The van der Waals surface area contributed by atoms with Gasteiger partial charge in [-0.1, -0.05) is 12.5 Å². The van der Waals surface area contributed by atoms with Crippen molar-refractivity contribution in [1.29, 1.82) is 0 Å². The molecule has 0 aliphatic heterocycles. The maximum Gasteiger partial charge on any atom is 0.251 e. The van der Waals surface area contributed by atoms with E-state index in [1.54, 1.807) is 19.2 Å². The first-order valence-electron chi connectivity index (χ1n) is 9.37. The molecule has 1 aromatic rings. The molecule has 0 spiro atoms. The fourth-order valence-electron chi connectivity index (χ4n) is 4.57. The molecule has 0 saturated heterocycles. The zero-order valence-electron chi connectivity index (χ0n) is 15.3. The van der Waals surface area contributed by atoms with Crippen molar-refractivity contribution in [2.24, 2.45) is 17.8 Å². The van der Waals surface area contributed by atoms with Crippen LogP contribution in [-0.4, -0.2) is 30.9 Å². The molecule has 25 heavy (non-hydrogen) atoms. The first-order valence-corrected chi connectivity index (χ1v) is 9.37. The van der Waals surface area contributed by atoms with Gasteiger partial charge in [0.05, 0.1) is 0 Å². The lowest BCUT2D eigenvalue weighted by atomic mass is 9.84. The highest BCUT2D eigenvalue weighted by Gasteiger charge is 2.42. The first kappa shape index (κ1) is 17.8. The molecule has 2 aliphatic rings. The molecule has 0 unspecified atom stereocenters. The van der Waals surface area contributed by atoms with Crippen LogP contribution < -0.4 is 16.0 Å². The van der Waals surface area contributed by atoms with E-state index in [1.807, 2.05) is 19.1 Å². The van der Waals surface area contributed by atoms with Crippen LogP contribution in [0.4, 0.5) is 5.69 Å². The second-order valence-electron chi connectivity index (χ2n) is 7.66. The highest BCUT2D eigenvalue weighted by Crippen LogP contribution is 2.49. The Bertz CT molecular complexity index is 646. The van der Waals surface area contributed by atoms with E-state index < -0.39 is 0 Å². The monoisotopic (exact) mass is 343 g/mol. The van der Waals surface area contributed by atoms with Gasteiger partial charge in [-0.05, 0) is 69.1 Å². The molecular weight excluding hydrogens is 314 g/mol. The Morgan fingerprint density at radius 3 is 2.60 bits per heavy atom. The molecule has 0 aromatic heterocycles. The molecule has 2 aliphatic carbocycles. The Morgan fingerprint density at radius 1 is 1.16 bits per heavy atom. The summed E-state index contributed by atoms with van der Waals surface area (Å²) < 4.78 is 0. The van der Waals surface area contributed by atoms with Gasteiger partial charge >= 0.3 is 0 Å². The zero-order chi connectivity index (χ0) is 18.0. The minimum absolute atomic E-state index is 0.0145. The predicted molar refractivity (Wildman–Crippen MR) is 99.5 cm³/mol. The summed E-state index contributed by atoms with van der Waals surface area (Å²) in [7, 11) is 1.61. The van der Waals surface area contributed by atoms with Crippen molar-refractivity contribution in [3.63, 3.8) is 0 Å². The third-order valence-electron chi connectivity index (χ3n) is 5.93. The average Bonchev–Trinajstić information content (AvgIpc) is 3.24. The van der Waals surface area contributed by atoms with Crippen LogP contribution in [0.5, 0.6) is 0 Å². The molecule has 1 aromatic carbocycles. The molecule has 5 heteroatoms. The lowest BCUT2D eigenvalue weighted by Gasteiger charge is -2.29. The number of anilines is 1. The van der Waals surface area contributed by atoms with Crippen LogP contribution in [0.3, 0.4) is 0 Å². The minimum Gasteiger partial charge on any atom is -0.374 e. The van der Waals surface area contributed by atoms with Crippen LogP contribution in [-0.2, 0) is 4.79 Å². The maximum atomic E-state index is 12.5. The molecule has 136 valence electrons. The van der Waals surface area contributed by atoms with Crippen molar-refractivity contribution in [3.05, 3.63) is 29.8 Å². The second kappa shape index (κ2) is 7.46. The fourth-order valence-corrected chi connectivity index (χ4v) is 4.57. The van der Waals surface area contributed by atoms with Gasteiger partial charge in [-0.3, -0.25) is 9.59 Å². The van der Waals surface area contributed by atoms with E-state index in [0.717, 1.165) is 17.5 Å². The molecule has 5 nitrogen and oxygen atoms in total. The fraction of sp³-hybridized carbons (Fsp3) is 0.600. The van der Waals surface area contributed by atoms with Gasteiger partial charge in [0.2, 0.25) is 5.91 Å². The number of hydrogen-bond donors (Lipinski definition) is 3. The number of hydrogen-bond acceptors (Lipinski definition) is 3. The first-order chi connectivity index (χ1) is 12.0. The van der Waals surface area contributed by atoms with Gasteiger partial charge in [-0.25, -0.2) is 0 Å². The number of nitrogens with one attached hydrogen (secondary N) is 3. The molecule has 2 bridgehead atoms. The van der Waals surface area contributed by atoms with Gasteiger partial charge in [0.1, 0.15) is 6.04 Å². The molecule has 3 rings (SSSR count). The molecule has 2 saturated carbocycles. The Kier molecular flexibility index (Phi) is 5.30. The normalized spacial score (nSPS) is 26.8. The number of benzene rings is 1. The number of fused-ring (bicyclic) bond motifs is 2. The van der Waals surface area contributed by atoms with Gasteiger partial charge in [0, 0.05) is 24.3 Å². The molecular formula is C20H29N3O2. The van der Waals surface area contributed by atoms with Crippen LogP contribution in [0.1, 0.15) is 49.9 Å². The van der Waals surface area contributed by atoms with E-state index in [0.29, 0.717) is 11.5 Å². The Hall–Kier alpha value is -2.04. The number of rotatable bonds is 6. The summed E-state index contributed by atoms with van der Waals surface area (Å²) in [5.74, 6) is 2.20. The van der Waals surface area contributed by atoms with E-state index in [9.17, 15) is 9.59 Å². The van der Waals surface area contributed by atoms with Crippen molar-refractivity contribution in [1.82, 2.24) is 10.6 Å². The van der Waals surface area contributed by atoms with Gasteiger partial charge in [0.15, 0.2) is 0 Å². The van der Waals surface area contributed by atoms with E-state index in [2.05, 4.69) is 22.9 Å². The summed E-state index contributed by atoms with van der Waals surface area (Å²) in [6.07, 6.45) is 5.32. The van der Waals surface area contributed by atoms with Crippen LogP contribution >= 0.6 is 0 Å². The van der Waals surface area contributed by atoms with E-state index in [-0.39, 0.29) is 23.9 Å². The van der Waals surface area contributed by atoms with Gasteiger partial charge in [-0.2, -0.15) is 0 Å². The lowest BCUT2D eigenvalue weighted by Crippen LogP contribution is -2.46. The Balaban J connectivity index is 1.55. The molecule has 3 N–H and O–H groups in total. The van der Waals surface area contributed by atoms with Crippen molar-refractivity contribution in [2.45, 2.75) is 51.6 Å². The number of amides is 2. The second-order valence-corrected chi connectivity index (χ2v) is 7.66. The summed E-state index contributed by atoms with van der Waals surface area (Å²) >= 11 is 0. The third-order valence-corrected chi connectivity index (χ3v) is 5.93. The average molecular weight is 343 g/mol. The number of carbonyl (C=O) groups is 2. The van der Waals surface area contributed by atoms with E-state index in [4.69, 9.17) is 0 Å². The summed E-state index contributed by atoms with van der Waals surface area (Å²) in [5.41, 5.74) is 1.35. The summed E-state index contributed by atoms with van der Waals surface area (Å²) in [4.78, 5) is 24.3. The summed E-state index contributed by atoms with van der Waals surface area (Å²) in [6.45, 7) is 4.00. The van der Waals surface area contributed by atoms with E-state index >= 15 is 0 Å².